The third kappa shape index (κ3) is 4.69. The van der Waals surface area contributed by atoms with Crippen LogP contribution in [0.5, 0.6) is 0 Å². The Kier molecular flexibility index (Phi) is 6.53. The summed E-state index contributed by atoms with van der Waals surface area (Å²) in [5.74, 6) is -0.383. The summed E-state index contributed by atoms with van der Waals surface area (Å²) >= 11 is 7.12. The van der Waals surface area contributed by atoms with E-state index in [0.717, 1.165) is 11.8 Å². The number of nitro groups is 1. The van der Waals surface area contributed by atoms with Gasteiger partial charge in [-0.3, -0.25) is 24.3 Å². The van der Waals surface area contributed by atoms with Crippen LogP contribution in [-0.2, 0) is 11.3 Å². The molecule has 1 atom stereocenters. The minimum absolute atomic E-state index is 0.124. The number of carbonyl (C=O) groups excluding carboxylic acids is 1. The van der Waals surface area contributed by atoms with Crippen molar-refractivity contribution in [3.05, 3.63) is 80.6 Å². The van der Waals surface area contributed by atoms with E-state index in [9.17, 15) is 19.7 Å². The Bertz CT molecular complexity index is 1210. The quantitative estimate of drug-likeness (QED) is 0.192. The summed E-state index contributed by atoms with van der Waals surface area (Å²) in [5.41, 5.74) is 0.358. The van der Waals surface area contributed by atoms with Gasteiger partial charge in [0.15, 0.2) is 5.16 Å². The van der Waals surface area contributed by atoms with Crippen molar-refractivity contribution in [1.29, 1.82) is 0 Å². The summed E-state index contributed by atoms with van der Waals surface area (Å²) in [7, 11) is 0. The summed E-state index contributed by atoms with van der Waals surface area (Å²) in [6, 6.07) is 10.5. The standard InChI is InChI=1S/C20H17ClN4O4S/c1-3-9-24-19(27)16-8-7-13(21)10-17(16)23-20(24)30-12(2)18(26)22-14-5-4-6-15(11-14)25(28)29/h3-8,10-12H,1,9H2,2H3,(H,22,26). The summed E-state index contributed by atoms with van der Waals surface area (Å²) in [6.07, 6.45) is 1.57. The first-order valence-corrected chi connectivity index (χ1v) is 10.1. The van der Waals surface area contributed by atoms with Gasteiger partial charge < -0.3 is 5.32 Å². The fourth-order valence-corrected chi connectivity index (χ4v) is 3.79. The Morgan fingerprint density at radius 1 is 1.40 bits per heavy atom. The second kappa shape index (κ2) is 9.10. The molecule has 3 rings (SSSR count). The number of allylic oxidation sites excluding steroid dienone is 1. The number of nitrogens with one attached hydrogen (secondary N) is 1. The lowest BCUT2D eigenvalue weighted by Crippen LogP contribution is -2.26. The van der Waals surface area contributed by atoms with E-state index in [1.165, 1.54) is 22.8 Å². The van der Waals surface area contributed by atoms with Crippen molar-refractivity contribution in [1.82, 2.24) is 9.55 Å². The largest absolute Gasteiger partial charge is 0.325 e. The van der Waals surface area contributed by atoms with Crippen molar-refractivity contribution in [2.24, 2.45) is 0 Å². The van der Waals surface area contributed by atoms with Crippen LogP contribution in [0.3, 0.4) is 0 Å². The van der Waals surface area contributed by atoms with Gasteiger partial charge in [-0.15, -0.1) is 6.58 Å². The average molecular weight is 445 g/mol. The zero-order valence-corrected chi connectivity index (χ0v) is 17.4. The number of amides is 1. The van der Waals surface area contributed by atoms with E-state index >= 15 is 0 Å². The van der Waals surface area contributed by atoms with Gasteiger partial charge in [-0.1, -0.05) is 35.5 Å². The van der Waals surface area contributed by atoms with Crippen LogP contribution in [0, 0.1) is 10.1 Å². The molecule has 1 amide bonds. The van der Waals surface area contributed by atoms with Crippen LogP contribution >= 0.6 is 23.4 Å². The maximum Gasteiger partial charge on any atom is 0.271 e. The molecule has 0 spiro atoms. The van der Waals surface area contributed by atoms with E-state index in [0.29, 0.717) is 26.8 Å². The Morgan fingerprint density at radius 2 is 2.17 bits per heavy atom. The molecule has 8 nitrogen and oxygen atoms in total. The molecule has 1 unspecified atom stereocenters. The number of non-ortho nitro benzene ring substituents is 1. The van der Waals surface area contributed by atoms with Gasteiger partial charge in [0.05, 0.1) is 21.1 Å². The Balaban J connectivity index is 1.88. The molecule has 154 valence electrons. The fraction of sp³-hybridized carbons (Fsp3) is 0.150. The molecular formula is C20H17ClN4O4S. The number of nitro benzene ring substituents is 1. The molecule has 0 saturated carbocycles. The van der Waals surface area contributed by atoms with Gasteiger partial charge in [-0.2, -0.15) is 0 Å². The molecule has 2 aromatic carbocycles. The number of carbonyl (C=O) groups is 1. The molecule has 1 aromatic heterocycles. The van der Waals surface area contributed by atoms with E-state index < -0.39 is 10.2 Å². The molecule has 0 aliphatic rings. The van der Waals surface area contributed by atoms with Gasteiger partial charge in [0.2, 0.25) is 5.91 Å². The summed E-state index contributed by atoms with van der Waals surface area (Å²) < 4.78 is 1.44. The zero-order chi connectivity index (χ0) is 21.8. The van der Waals surface area contributed by atoms with E-state index in [2.05, 4.69) is 16.9 Å². The van der Waals surface area contributed by atoms with Gasteiger partial charge in [-0.05, 0) is 31.2 Å². The Hall–Kier alpha value is -3.17. The number of aromatic nitrogens is 2. The van der Waals surface area contributed by atoms with Crippen LogP contribution in [0.4, 0.5) is 11.4 Å². The first-order valence-electron chi connectivity index (χ1n) is 8.83. The summed E-state index contributed by atoms with van der Waals surface area (Å²) in [6.45, 7) is 5.56. The van der Waals surface area contributed by atoms with Crippen molar-refractivity contribution < 1.29 is 9.72 Å². The molecule has 0 aliphatic carbocycles. The zero-order valence-electron chi connectivity index (χ0n) is 15.9. The predicted molar refractivity (Wildman–Crippen MR) is 118 cm³/mol. The van der Waals surface area contributed by atoms with E-state index in [4.69, 9.17) is 11.6 Å². The molecular weight excluding hydrogens is 428 g/mol. The van der Waals surface area contributed by atoms with Crippen LogP contribution < -0.4 is 10.9 Å². The lowest BCUT2D eigenvalue weighted by molar-refractivity contribution is -0.384. The first-order chi connectivity index (χ1) is 14.3. The molecule has 0 fully saturated rings. The van der Waals surface area contributed by atoms with Gasteiger partial charge in [-0.25, -0.2) is 4.98 Å². The Labute approximate surface area is 180 Å². The number of hydrogen-bond donors (Lipinski definition) is 1. The average Bonchev–Trinajstić information content (AvgIpc) is 2.70. The fourth-order valence-electron chi connectivity index (χ4n) is 2.71. The van der Waals surface area contributed by atoms with Crippen molar-refractivity contribution in [2.45, 2.75) is 23.9 Å². The highest BCUT2D eigenvalue weighted by molar-refractivity contribution is 8.00. The van der Waals surface area contributed by atoms with Crippen LogP contribution in [0.2, 0.25) is 5.02 Å². The van der Waals surface area contributed by atoms with Crippen LogP contribution in [0.25, 0.3) is 10.9 Å². The highest BCUT2D eigenvalue weighted by atomic mass is 35.5. The van der Waals surface area contributed by atoms with Gasteiger partial charge in [0.25, 0.3) is 11.2 Å². The molecule has 10 heteroatoms. The molecule has 3 aromatic rings. The Morgan fingerprint density at radius 3 is 2.87 bits per heavy atom. The lowest BCUT2D eigenvalue weighted by atomic mass is 10.2. The van der Waals surface area contributed by atoms with Crippen molar-refractivity contribution in [3.63, 3.8) is 0 Å². The highest BCUT2D eigenvalue weighted by Gasteiger charge is 2.20. The number of anilines is 1. The number of benzene rings is 2. The van der Waals surface area contributed by atoms with Crippen LogP contribution in [0.1, 0.15) is 6.92 Å². The van der Waals surface area contributed by atoms with Crippen molar-refractivity contribution >= 4 is 51.5 Å². The van der Waals surface area contributed by atoms with Gasteiger partial charge in [0, 0.05) is 29.4 Å². The van der Waals surface area contributed by atoms with Crippen LogP contribution in [-0.4, -0.2) is 25.6 Å². The summed E-state index contributed by atoms with van der Waals surface area (Å²) in [5, 5.41) is 14.1. The minimum Gasteiger partial charge on any atom is -0.325 e. The molecule has 30 heavy (non-hydrogen) atoms. The van der Waals surface area contributed by atoms with Gasteiger partial charge in [0.1, 0.15) is 0 Å². The van der Waals surface area contributed by atoms with Gasteiger partial charge >= 0.3 is 0 Å². The number of hydrogen-bond acceptors (Lipinski definition) is 6. The third-order valence-electron chi connectivity index (χ3n) is 4.17. The molecule has 0 aliphatic heterocycles. The van der Waals surface area contributed by atoms with Crippen LogP contribution in [0.15, 0.2) is 65.1 Å². The lowest BCUT2D eigenvalue weighted by Gasteiger charge is -2.15. The summed E-state index contributed by atoms with van der Waals surface area (Å²) in [4.78, 5) is 40.3. The number of thioether (sulfide) groups is 1. The molecule has 0 bridgehead atoms. The topological polar surface area (TPSA) is 107 Å². The number of nitrogens with zero attached hydrogens (tertiary/aromatic N) is 3. The number of fused-ring (bicyclic) bond motifs is 1. The second-order valence-electron chi connectivity index (χ2n) is 6.32. The van der Waals surface area contributed by atoms with E-state index in [-0.39, 0.29) is 23.7 Å². The smallest absolute Gasteiger partial charge is 0.271 e. The highest BCUT2D eigenvalue weighted by Crippen LogP contribution is 2.25. The monoisotopic (exact) mass is 444 g/mol. The maximum absolute atomic E-state index is 12.8. The SMILES string of the molecule is C=CCn1c(SC(C)C(=O)Nc2cccc([N+](=O)[O-])c2)nc2cc(Cl)ccc2c1=O. The number of halogens is 1. The van der Waals surface area contributed by atoms with Crippen molar-refractivity contribution in [2.75, 3.05) is 5.32 Å². The normalized spacial score (nSPS) is 11.8. The second-order valence-corrected chi connectivity index (χ2v) is 8.06. The number of rotatable bonds is 7. The third-order valence-corrected chi connectivity index (χ3v) is 5.50. The maximum atomic E-state index is 12.8. The minimum atomic E-state index is -0.635. The first kappa shape index (κ1) is 21.5. The van der Waals surface area contributed by atoms with E-state index in [1.807, 2.05) is 0 Å². The molecule has 1 heterocycles. The molecule has 0 saturated heterocycles. The van der Waals surface area contributed by atoms with Crippen molar-refractivity contribution in [3.8, 4) is 0 Å². The molecule has 1 N–H and O–H groups in total. The molecule has 0 radical (unpaired) electrons. The predicted octanol–water partition coefficient (Wildman–Crippen LogP) is 4.26. The van der Waals surface area contributed by atoms with E-state index in [1.54, 1.807) is 37.3 Å².